The van der Waals surface area contributed by atoms with Crippen molar-refractivity contribution in [2.24, 2.45) is 11.8 Å². The Labute approximate surface area is 185 Å². The molecule has 0 bridgehead atoms. The summed E-state index contributed by atoms with van der Waals surface area (Å²) in [6, 6.07) is 12.3. The number of benzene rings is 1. The summed E-state index contributed by atoms with van der Waals surface area (Å²) in [5.74, 6) is 2.60. The van der Waals surface area contributed by atoms with Crippen molar-refractivity contribution in [2.45, 2.75) is 39.2 Å². The number of nitrogens with one attached hydrogen (secondary N) is 1. The highest BCUT2D eigenvalue weighted by Gasteiger charge is 2.30. The van der Waals surface area contributed by atoms with E-state index in [2.05, 4.69) is 43.4 Å². The summed E-state index contributed by atoms with van der Waals surface area (Å²) < 4.78 is 17.1. The molecule has 0 saturated heterocycles. The molecule has 1 aliphatic rings. The molecule has 30 heavy (non-hydrogen) atoms. The highest BCUT2D eigenvalue weighted by molar-refractivity contribution is 6.30. The monoisotopic (exact) mass is 432 g/mol. The predicted molar refractivity (Wildman–Crippen MR) is 121 cm³/mol. The van der Waals surface area contributed by atoms with E-state index in [0.29, 0.717) is 42.6 Å². The van der Waals surface area contributed by atoms with Crippen LogP contribution in [-0.4, -0.2) is 38.5 Å². The maximum absolute atomic E-state index is 6.48. The van der Waals surface area contributed by atoms with Crippen molar-refractivity contribution in [1.82, 2.24) is 10.3 Å². The van der Waals surface area contributed by atoms with Crippen LogP contribution in [0.25, 0.3) is 0 Å². The van der Waals surface area contributed by atoms with Crippen molar-refractivity contribution in [3.05, 3.63) is 52.8 Å². The molecule has 2 heterocycles. The Bertz CT molecular complexity index is 786. The van der Waals surface area contributed by atoms with Gasteiger partial charge < -0.3 is 19.5 Å². The third-order valence-electron chi connectivity index (χ3n) is 5.62. The third-order valence-corrected chi connectivity index (χ3v) is 5.89. The number of pyridine rings is 1. The molecular formula is C24H33ClN2O3. The Morgan fingerprint density at radius 1 is 1.23 bits per heavy atom. The molecule has 1 N–H and O–H groups in total. The number of rotatable bonds is 10. The first-order chi connectivity index (χ1) is 14.6. The van der Waals surface area contributed by atoms with E-state index in [9.17, 15) is 0 Å². The van der Waals surface area contributed by atoms with Gasteiger partial charge in [0.05, 0.1) is 18.9 Å². The normalized spacial score (nSPS) is 18.6. The molecule has 3 rings (SSSR count). The Kier molecular flexibility index (Phi) is 8.79. The quantitative estimate of drug-likeness (QED) is 0.419. The molecule has 0 radical (unpaired) electrons. The number of halogens is 1. The van der Waals surface area contributed by atoms with Gasteiger partial charge in [-0.15, -0.1) is 0 Å². The van der Waals surface area contributed by atoms with Crippen molar-refractivity contribution in [3.63, 3.8) is 0 Å². The zero-order chi connectivity index (χ0) is 21.3. The van der Waals surface area contributed by atoms with E-state index in [1.165, 1.54) is 5.56 Å². The average molecular weight is 433 g/mol. The van der Waals surface area contributed by atoms with Crippen LogP contribution in [0.3, 0.4) is 0 Å². The summed E-state index contributed by atoms with van der Waals surface area (Å²) in [6.45, 7) is 8.03. The van der Waals surface area contributed by atoms with Gasteiger partial charge >= 0.3 is 0 Å². The predicted octanol–water partition coefficient (Wildman–Crippen LogP) is 5.08. The SMILES string of the molecule is COCCCOc1cc2c(nc1Cl)C(CNCc1ccccc1)CC(C(C)C)CO2. The molecule has 0 spiro atoms. The maximum Gasteiger partial charge on any atom is 0.171 e. The molecule has 6 heteroatoms. The first-order valence-corrected chi connectivity index (χ1v) is 11.2. The molecule has 0 saturated carbocycles. The average Bonchev–Trinajstić information content (AvgIpc) is 2.92. The van der Waals surface area contributed by atoms with E-state index in [1.54, 1.807) is 7.11 Å². The Balaban J connectivity index is 1.74. The third kappa shape index (κ3) is 6.34. The minimum Gasteiger partial charge on any atom is -0.491 e. The van der Waals surface area contributed by atoms with Crippen molar-refractivity contribution in [2.75, 3.05) is 33.5 Å². The van der Waals surface area contributed by atoms with Crippen LogP contribution in [0.1, 0.15) is 43.9 Å². The molecule has 0 fully saturated rings. The first kappa shape index (κ1) is 22.9. The molecule has 5 nitrogen and oxygen atoms in total. The zero-order valence-corrected chi connectivity index (χ0v) is 19.0. The lowest BCUT2D eigenvalue weighted by Gasteiger charge is -2.22. The number of hydrogen-bond donors (Lipinski definition) is 1. The second kappa shape index (κ2) is 11.5. The molecule has 0 amide bonds. The minimum atomic E-state index is 0.235. The number of methoxy groups -OCH3 is 1. The fourth-order valence-electron chi connectivity index (χ4n) is 3.74. The van der Waals surface area contributed by atoms with Gasteiger partial charge in [-0.05, 0) is 23.8 Å². The molecule has 1 aromatic carbocycles. The molecule has 2 atom stereocenters. The topological polar surface area (TPSA) is 52.6 Å². The first-order valence-electron chi connectivity index (χ1n) is 10.8. The highest BCUT2D eigenvalue weighted by atomic mass is 35.5. The highest BCUT2D eigenvalue weighted by Crippen LogP contribution is 2.40. The van der Waals surface area contributed by atoms with Gasteiger partial charge in [0.1, 0.15) is 5.75 Å². The number of aromatic nitrogens is 1. The lowest BCUT2D eigenvalue weighted by atomic mass is 9.86. The fraction of sp³-hybridized carbons (Fsp3) is 0.542. The van der Waals surface area contributed by atoms with Gasteiger partial charge in [-0.1, -0.05) is 55.8 Å². The van der Waals surface area contributed by atoms with Crippen LogP contribution in [0.15, 0.2) is 36.4 Å². The Hall–Kier alpha value is -1.82. The Morgan fingerprint density at radius 2 is 2.03 bits per heavy atom. The molecule has 2 aromatic rings. The summed E-state index contributed by atoms with van der Waals surface area (Å²) in [7, 11) is 1.68. The summed E-state index contributed by atoms with van der Waals surface area (Å²) in [6.07, 6.45) is 1.82. The lowest BCUT2D eigenvalue weighted by molar-refractivity contribution is 0.171. The van der Waals surface area contributed by atoms with Crippen molar-refractivity contribution >= 4 is 11.6 Å². The zero-order valence-electron chi connectivity index (χ0n) is 18.2. The van der Waals surface area contributed by atoms with E-state index in [1.807, 2.05) is 12.1 Å². The molecule has 2 unspecified atom stereocenters. The van der Waals surface area contributed by atoms with E-state index < -0.39 is 0 Å². The van der Waals surface area contributed by atoms with E-state index >= 15 is 0 Å². The standard InChI is InChI=1S/C24H33ClN2O3/c1-17(2)20-12-19(15-26-14-18-8-5-4-6-9-18)23-21(30-16-20)13-22(24(25)27-23)29-11-7-10-28-3/h4-6,8-9,13,17,19-20,26H,7,10-12,14-16H2,1-3H3. The Morgan fingerprint density at radius 3 is 2.77 bits per heavy atom. The maximum atomic E-state index is 6.48. The number of fused-ring (bicyclic) bond motifs is 1. The van der Waals surface area contributed by atoms with Crippen LogP contribution in [0, 0.1) is 11.8 Å². The lowest BCUT2D eigenvalue weighted by Crippen LogP contribution is -2.25. The summed E-state index contributed by atoms with van der Waals surface area (Å²) >= 11 is 6.48. The smallest absolute Gasteiger partial charge is 0.171 e. The van der Waals surface area contributed by atoms with Gasteiger partial charge in [0.15, 0.2) is 10.9 Å². The largest absolute Gasteiger partial charge is 0.491 e. The van der Waals surface area contributed by atoms with Crippen LogP contribution in [-0.2, 0) is 11.3 Å². The summed E-state index contributed by atoms with van der Waals surface area (Å²) in [4.78, 5) is 4.72. The summed E-state index contributed by atoms with van der Waals surface area (Å²) in [5.41, 5.74) is 2.20. The van der Waals surface area contributed by atoms with E-state index in [-0.39, 0.29) is 5.92 Å². The minimum absolute atomic E-state index is 0.235. The van der Waals surface area contributed by atoms with Crippen molar-refractivity contribution < 1.29 is 14.2 Å². The molecule has 164 valence electrons. The number of hydrogen-bond acceptors (Lipinski definition) is 5. The second-order valence-corrected chi connectivity index (χ2v) is 8.58. The van der Waals surface area contributed by atoms with Crippen molar-refractivity contribution in [1.29, 1.82) is 0 Å². The van der Waals surface area contributed by atoms with Crippen LogP contribution in [0.2, 0.25) is 5.15 Å². The fourth-order valence-corrected chi connectivity index (χ4v) is 3.94. The van der Waals surface area contributed by atoms with Gasteiger partial charge in [0, 0.05) is 45.2 Å². The van der Waals surface area contributed by atoms with Crippen molar-refractivity contribution in [3.8, 4) is 11.5 Å². The number of nitrogens with zero attached hydrogens (tertiary/aromatic N) is 1. The number of ether oxygens (including phenoxy) is 3. The van der Waals surface area contributed by atoms with Gasteiger partial charge in [-0.25, -0.2) is 4.98 Å². The van der Waals surface area contributed by atoms with Gasteiger partial charge in [0.2, 0.25) is 0 Å². The van der Waals surface area contributed by atoms with E-state index in [4.69, 9.17) is 30.8 Å². The van der Waals surface area contributed by atoms with Crippen LogP contribution >= 0.6 is 11.6 Å². The molecule has 0 aliphatic carbocycles. The van der Waals surface area contributed by atoms with Gasteiger partial charge in [-0.3, -0.25) is 0 Å². The van der Waals surface area contributed by atoms with Crippen LogP contribution < -0.4 is 14.8 Å². The van der Waals surface area contributed by atoms with Crippen LogP contribution in [0.5, 0.6) is 11.5 Å². The second-order valence-electron chi connectivity index (χ2n) is 8.22. The van der Waals surface area contributed by atoms with Crippen LogP contribution in [0.4, 0.5) is 0 Å². The van der Waals surface area contributed by atoms with Gasteiger partial charge in [0.25, 0.3) is 0 Å². The molecule has 1 aromatic heterocycles. The molecular weight excluding hydrogens is 400 g/mol. The molecule has 1 aliphatic heterocycles. The van der Waals surface area contributed by atoms with Gasteiger partial charge in [-0.2, -0.15) is 0 Å². The van der Waals surface area contributed by atoms with E-state index in [0.717, 1.165) is 37.4 Å². The summed E-state index contributed by atoms with van der Waals surface area (Å²) in [5, 5.41) is 3.99.